The predicted molar refractivity (Wildman–Crippen MR) is 116 cm³/mol. The van der Waals surface area contributed by atoms with Gasteiger partial charge in [0.05, 0.1) is 18.2 Å². The van der Waals surface area contributed by atoms with Crippen LogP contribution >= 0.6 is 0 Å². The fourth-order valence-corrected chi connectivity index (χ4v) is 4.00. The van der Waals surface area contributed by atoms with E-state index in [1.807, 2.05) is 18.7 Å². The molecule has 1 saturated heterocycles. The van der Waals surface area contributed by atoms with Crippen LogP contribution in [0.1, 0.15) is 52.4 Å². The Morgan fingerprint density at radius 1 is 1.29 bits per heavy atom. The zero-order chi connectivity index (χ0) is 22.5. The molecule has 3 N–H and O–H groups in total. The summed E-state index contributed by atoms with van der Waals surface area (Å²) in [4.78, 5) is 39.3. The summed E-state index contributed by atoms with van der Waals surface area (Å²) in [7, 11) is -1.64. The molecule has 166 valence electrons. The van der Waals surface area contributed by atoms with Crippen LogP contribution in [0.2, 0.25) is 0 Å². The molecule has 1 aromatic heterocycles. The molecule has 3 rings (SSSR count). The lowest BCUT2D eigenvalue weighted by atomic mass is 9.74. The van der Waals surface area contributed by atoms with E-state index in [1.165, 1.54) is 12.4 Å². The molecule has 1 aliphatic carbocycles. The van der Waals surface area contributed by atoms with E-state index in [9.17, 15) is 19.6 Å². The van der Waals surface area contributed by atoms with Crippen molar-refractivity contribution in [2.45, 2.75) is 64.4 Å². The van der Waals surface area contributed by atoms with E-state index in [1.54, 1.807) is 0 Å². The van der Waals surface area contributed by atoms with Gasteiger partial charge in [-0.3, -0.25) is 9.59 Å². The van der Waals surface area contributed by atoms with Gasteiger partial charge in [-0.25, -0.2) is 4.98 Å². The molecule has 1 saturated carbocycles. The van der Waals surface area contributed by atoms with Gasteiger partial charge in [-0.1, -0.05) is 33.3 Å². The number of nitrogens with one attached hydrogen (secondary N) is 1. The highest BCUT2D eigenvalue weighted by Crippen LogP contribution is 2.37. The number of ketones is 1. The maximum atomic E-state index is 13.0. The maximum Gasteiger partial charge on any atom is 0.475 e. The Hall–Kier alpha value is -2.51. The lowest BCUT2D eigenvalue weighted by molar-refractivity contribution is -0.131. The van der Waals surface area contributed by atoms with Crippen molar-refractivity contribution in [2.75, 3.05) is 11.4 Å². The minimum Gasteiger partial charge on any atom is -0.426 e. The van der Waals surface area contributed by atoms with Gasteiger partial charge < -0.3 is 25.1 Å². The highest BCUT2D eigenvalue weighted by atomic mass is 16.4. The summed E-state index contributed by atoms with van der Waals surface area (Å²) in [6.07, 6.45) is 6.91. The highest BCUT2D eigenvalue weighted by Gasteiger charge is 2.39. The minimum atomic E-state index is -1.64. The molecule has 2 fully saturated rings. The zero-order valence-electron chi connectivity index (χ0n) is 18.1. The number of aromatic nitrogens is 2. The molecule has 10 heteroatoms. The van der Waals surface area contributed by atoms with Gasteiger partial charge in [0.25, 0.3) is 5.82 Å². The third-order valence-electron chi connectivity index (χ3n) is 5.97. The number of hydrogen-bond donors (Lipinski definition) is 3. The molecule has 2 aliphatic rings. The van der Waals surface area contributed by atoms with Crippen LogP contribution in [0, 0.1) is 24.3 Å². The Kier molecular flexibility index (Phi) is 7.62. The summed E-state index contributed by atoms with van der Waals surface area (Å²) >= 11 is 0. The minimum absolute atomic E-state index is 0.0203. The molecule has 1 aromatic rings. The third kappa shape index (κ3) is 6.25. The summed E-state index contributed by atoms with van der Waals surface area (Å²) in [5.41, 5.74) is 0. The van der Waals surface area contributed by atoms with Crippen LogP contribution in [0.4, 0.5) is 11.6 Å². The lowest BCUT2D eigenvalue weighted by Gasteiger charge is -2.40. The summed E-state index contributed by atoms with van der Waals surface area (Å²) < 4.78 is 0. The average molecular weight is 427 g/mol. The monoisotopic (exact) mass is 427 g/mol. The summed E-state index contributed by atoms with van der Waals surface area (Å²) in [6, 6.07) is -0.350. The molecule has 1 aliphatic heterocycles. The largest absolute Gasteiger partial charge is 0.475 e. The Morgan fingerprint density at radius 3 is 2.52 bits per heavy atom. The molecule has 0 radical (unpaired) electrons. The van der Waals surface area contributed by atoms with Gasteiger partial charge in [0, 0.05) is 18.9 Å². The van der Waals surface area contributed by atoms with E-state index in [-0.39, 0.29) is 35.9 Å². The highest BCUT2D eigenvalue weighted by molar-refractivity contribution is 6.43. The van der Waals surface area contributed by atoms with Gasteiger partial charge in [-0.2, -0.15) is 0 Å². The van der Waals surface area contributed by atoms with Crippen molar-refractivity contribution in [3.8, 4) is 0 Å². The fraction of sp³-hybridized carbons (Fsp3) is 0.667. The molecule has 31 heavy (non-hydrogen) atoms. The summed E-state index contributed by atoms with van der Waals surface area (Å²) in [5.74, 6) is -0.132. The first-order valence-corrected chi connectivity index (χ1v) is 10.9. The molecular formula is C21H30BN5O4. The quantitative estimate of drug-likeness (QED) is 0.362. The molecule has 9 nitrogen and oxygen atoms in total. The number of anilines is 1. The number of hydrogen-bond acceptors (Lipinski definition) is 7. The van der Waals surface area contributed by atoms with Crippen LogP contribution in [0.25, 0.3) is 4.85 Å². The van der Waals surface area contributed by atoms with Gasteiger partial charge in [-0.15, -0.1) is 4.98 Å². The van der Waals surface area contributed by atoms with E-state index in [4.69, 9.17) is 6.57 Å². The second-order valence-corrected chi connectivity index (χ2v) is 9.05. The van der Waals surface area contributed by atoms with Gasteiger partial charge >= 0.3 is 7.12 Å². The number of carbonyl (C=O) groups excluding carboxylic acids is 2. The number of carbonyl (C=O) groups is 2. The Morgan fingerprint density at radius 2 is 2.03 bits per heavy atom. The van der Waals surface area contributed by atoms with Gasteiger partial charge in [-0.05, 0) is 31.1 Å². The van der Waals surface area contributed by atoms with E-state index >= 15 is 0 Å². The Balaban J connectivity index is 1.63. The topological polar surface area (TPSA) is 120 Å². The number of nitrogens with zero attached hydrogens (tertiary/aromatic N) is 4. The maximum absolute atomic E-state index is 13.0. The smallest absolute Gasteiger partial charge is 0.426 e. The fourth-order valence-electron chi connectivity index (χ4n) is 4.00. The number of rotatable bonds is 11. The van der Waals surface area contributed by atoms with Gasteiger partial charge in [0.15, 0.2) is 17.8 Å². The van der Waals surface area contributed by atoms with Crippen molar-refractivity contribution >= 4 is 30.4 Å². The van der Waals surface area contributed by atoms with Crippen LogP contribution in [0.5, 0.6) is 0 Å². The van der Waals surface area contributed by atoms with E-state index in [0.29, 0.717) is 37.5 Å². The zero-order valence-corrected chi connectivity index (χ0v) is 18.1. The van der Waals surface area contributed by atoms with Gasteiger partial charge in [0.2, 0.25) is 5.91 Å². The lowest BCUT2D eigenvalue weighted by Crippen LogP contribution is -2.54. The average Bonchev–Trinajstić information content (AvgIpc) is 3.50. The first-order chi connectivity index (χ1) is 14.8. The summed E-state index contributed by atoms with van der Waals surface area (Å²) in [5, 5.41) is 22.0. The van der Waals surface area contributed by atoms with Crippen LogP contribution in [0.3, 0.4) is 0 Å². The second kappa shape index (κ2) is 10.2. The molecular weight excluding hydrogens is 397 g/mol. The third-order valence-corrected chi connectivity index (χ3v) is 5.97. The number of Topliss-reactive ketones (excluding diaryl/α,β-unsaturated/α-hetero) is 1. The van der Waals surface area contributed by atoms with Crippen molar-refractivity contribution in [1.82, 2.24) is 15.3 Å². The Bertz CT molecular complexity index is 822. The second-order valence-electron chi connectivity index (χ2n) is 9.05. The van der Waals surface area contributed by atoms with Crippen LogP contribution < -0.4 is 10.2 Å². The predicted octanol–water partition coefficient (Wildman–Crippen LogP) is 1.52. The Labute approximate surface area is 183 Å². The normalized spacial score (nSPS) is 19.9. The van der Waals surface area contributed by atoms with Crippen molar-refractivity contribution in [3.05, 3.63) is 23.8 Å². The first-order valence-electron chi connectivity index (χ1n) is 10.9. The molecule has 2 heterocycles. The number of amides is 1. The molecule has 0 aromatic carbocycles. The molecule has 0 bridgehead atoms. The van der Waals surface area contributed by atoms with Crippen LogP contribution in [-0.2, 0) is 9.59 Å². The van der Waals surface area contributed by atoms with E-state index in [2.05, 4.69) is 20.1 Å². The van der Waals surface area contributed by atoms with E-state index in [0.717, 1.165) is 12.8 Å². The first kappa shape index (κ1) is 23.2. The van der Waals surface area contributed by atoms with Crippen molar-refractivity contribution in [3.63, 3.8) is 0 Å². The van der Waals surface area contributed by atoms with Crippen molar-refractivity contribution in [1.29, 1.82) is 0 Å². The standard InChI is InChI=1S/C21H30BN5O4/c1-13(2)8-18(22(30)31)26-21(29)15(9-14-4-5-14)10-17(28)16-6-7-27(16)20-12-24-19(23-3)11-25-20/h11-16,18,30-31H,4-10H2,1-2H3,(H,26,29). The van der Waals surface area contributed by atoms with E-state index < -0.39 is 19.0 Å². The SMILES string of the molecule is [C-]#[N+]c1cnc(N2CCC2C(=O)CC(CC2CC2)C(=O)NC(CC(C)C)B(O)O)cn1. The van der Waals surface area contributed by atoms with Crippen LogP contribution in [-0.4, -0.2) is 57.4 Å². The summed E-state index contributed by atoms with van der Waals surface area (Å²) in [6.45, 7) is 11.5. The molecule has 1 amide bonds. The van der Waals surface area contributed by atoms with Crippen molar-refractivity contribution in [2.24, 2.45) is 17.8 Å². The van der Waals surface area contributed by atoms with Crippen LogP contribution in [0.15, 0.2) is 12.4 Å². The van der Waals surface area contributed by atoms with Gasteiger partial charge in [0.1, 0.15) is 0 Å². The molecule has 3 atom stereocenters. The molecule has 3 unspecified atom stereocenters. The molecule has 0 spiro atoms. The van der Waals surface area contributed by atoms with Crippen molar-refractivity contribution < 1.29 is 19.6 Å².